The number of hydrazone groups is 1. The van der Waals surface area contributed by atoms with Gasteiger partial charge in [0.05, 0.1) is 12.3 Å². The lowest BCUT2D eigenvalue weighted by molar-refractivity contribution is 0.464. The van der Waals surface area contributed by atoms with Crippen LogP contribution in [0.25, 0.3) is 0 Å². The molecule has 2 N–H and O–H groups in total. The first kappa shape index (κ1) is 14.6. The third-order valence-electron chi connectivity index (χ3n) is 3.55. The van der Waals surface area contributed by atoms with Gasteiger partial charge in [0.25, 0.3) is 0 Å². The summed E-state index contributed by atoms with van der Waals surface area (Å²) in [5.41, 5.74) is 3.01. The van der Waals surface area contributed by atoms with E-state index in [-0.39, 0.29) is 0 Å². The van der Waals surface area contributed by atoms with E-state index in [0.29, 0.717) is 24.1 Å². The summed E-state index contributed by atoms with van der Waals surface area (Å²) in [4.78, 5) is 0. The molecule has 5 heteroatoms. The Morgan fingerprint density at radius 3 is 2.64 bits per heavy atom. The van der Waals surface area contributed by atoms with E-state index in [4.69, 9.17) is 17.0 Å². The Morgan fingerprint density at radius 2 is 1.86 bits per heavy atom. The van der Waals surface area contributed by atoms with E-state index in [9.17, 15) is 0 Å². The van der Waals surface area contributed by atoms with Gasteiger partial charge < -0.3 is 5.32 Å². The SMILES string of the molecule is N=C(NCc1ccccc1)N1CCC(c2ccccc2Cl)=N1. The van der Waals surface area contributed by atoms with E-state index in [1.165, 1.54) is 0 Å². The van der Waals surface area contributed by atoms with Gasteiger partial charge in [0, 0.05) is 23.6 Å². The number of hydrogen-bond acceptors (Lipinski definition) is 2. The lowest BCUT2D eigenvalue weighted by Gasteiger charge is -2.16. The van der Waals surface area contributed by atoms with Crippen LogP contribution in [0.2, 0.25) is 5.02 Å². The van der Waals surface area contributed by atoms with Crippen molar-refractivity contribution in [2.45, 2.75) is 13.0 Å². The van der Waals surface area contributed by atoms with Crippen LogP contribution in [-0.2, 0) is 6.54 Å². The predicted octanol–water partition coefficient (Wildman–Crippen LogP) is 3.47. The fraction of sp³-hybridized carbons (Fsp3) is 0.176. The smallest absolute Gasteiger partial charge is 0.212 e. The fourth-order valence-corrected chi connectivity index (χ4v) is 2.62. The summed E-state index contributed by atoms with van der Waals surface area (Å²) in [7, 11) is 0. The van der Waals surface area contributed by atoms with Crippen molar-refractivity contribution < 1.29 is 0 Å². The minimum Gasteiger partial charge on any atom is -0.351 e. The summed E-state index contributed by atoms with van der Waals surface area (Å²) >= 11 is 6.20. The fourth-order valence-electron chi connectivity index (χ4n) is 2.38. The largest absolute Gasteiger partial charge is 0.351 e. The first-order valence-corrected chi connectivity index (χ1v) is 7.58. The predicted molar refractivity (Wildman–Crippen MR) is 90.3 cm³/mol. The molecule has 0 bridgehead atoms. The standard InChI is InChI=1S/C17H17ClN4/c18-15-9-5-4-8-14(15)16-10-11-22(21-16)17(19)20-12-13-6-2-1-3-7-13/h1-9H,10-12H2,(H2,19,20). The van der Waals surface area contributed by atoms with Crippen molar-refractivity contribution in [2.24, 2.45) is 5.10 Å². The van der Waals surface area contributed by atoms with Crippen molar-refractivity contribution in [3.05, 3.63) is 70.7 Å². The minimum absolute atomic E-state index is 0.311. The van der Waals surface area contributed by atoms with Crippen molar-refractivity contribution in [1.82, 2.24) is 10.3 Å². The molecule has 0 aromatic heterocycles. The Morgan fingerprint density at radius 1 is 1.14 bits per heavy atom. The van der Waals surface area contributed by atoms with Crippen LogP contribution in [0.4, 0.5) is 0 Å². The zero-order valence-electron chi connectivity index (χ0n) is 12.1. The molecule has 0 saturated carbocycles. The van der Waals surface area contributed by atoms with Gasteiger partial charge in [-0.3, -0.25) is 5.41 Å². The topological polar surface area (TPSA) is 51.5 Å². The molecule has 0 radical (unpaired) electrons. The van der Waals surface area contributed by atoms with Gasteiger partial charge in [0.2, 0.25) is 5.96 Å². The maximum atomic E-state index is 8.12. The zero-order chi connectivity index (χ0) is 15.4. The number of nitrogens with one attached hydrogen (secondary N) is 2. The number of rotatable bonds is 3. The van der Waals surface area contributed by atoms with Gasteiger partial charge in [0.15, 0.2) is 0 Å². The van der Waals surface area contributed by atoms with Crippen LogP contribution < -0.4 is 5.32 Å². The van der Waals surface area contributed by atoms with Crippen LogP contribution in [0.15, 0.2) is 59.7 Å². The van der Waals surface area contributed by atoms with E-state index in [2.05, 4.69) is 10.4 Å². The highest BCUT2D eigenvalue weighted by atomic mass is 35.5. The van der Waals surface area contributed by atoms with Crippen molar-refractivity contribution in [3.63, 3.8) is 0 Å². The molecule has 0 spiro atoms. The third-order valence-corrected chi connectivity index (χ3v) is 3.88. The second-order valence-electron chi connectivity index (χ2n) is 5.09. The summed E-state index contributed by atoms with van der Waals surface area (Å²) in [6, 6.07) is 17.7. The van der Waals surface area contributed by atoms with Crippen molar-refractivity contribution in [2.75, 3.05) is 6.54 Å². The maximum Gasteiger partial charge on any atom is 0.212 e. The van der Waals surface area contributed by atoms with Gasteiger partial charge in [-0.15, -0.1) is 0 Å². The summed E-state index contributed by atoms with van der Waals surface area (Å²) < 4.78 is 0. The normalized spacial score (nSPS) is 13.9. The molecule has 0 saturated heterocycles. The Balaban J connectivity index is 1.64. The van der Waals surface area contributed by atoms with Gasteiger partial charge in [-0.25, -0.2) is 5.01 Å². The van der Waals surface area contributed by atoms with Gasteiger partial charge in [-0.05, 0) is 11.6 Å². The second kappa shape index (κ2) is 6.62. The first-order valence-electron chi connectivity index (χ1n) is 7.20. The Bertz CT molecular complexity index is 697. The molecule has 2 aromatic rings. The number of benzene rings is 2. The van der Waals surface area contributed by atoms with Crippen LogP contribution in [0.1, 0.15) is 17.5 Å². The molecule has 112 valence electrons. The van der Waals surface area contributed by atoms with Crippen molar-refractivity contribution in [3.8, 4) is 0 Å². The Hall–Kier alpha value is -2.33. The summed E-state index contributed by atoms with van der Waals surface area (Å²) in [6.45, 7) is 1.31. The van der Waals surface area contributed by atoms with Crippen molar-refractivity contribution in [1.29, 1.82) is 5.41 Å². The zero-order valence-corrected chi connectivity index (χ0v) is 12.8. The molecular formula is C17H17ClN4. The van der Waals surface area contributed by atoms with E-state index in [1.54, 1.807) is 5.01 Å². The molecule has 0 fully saturated rings. The number of hydrogen-bond donors (Lipinski definition) is 2. The quantitative estimate of drug-likeness (QED) is 0.673. The summed E-state index contributed by atoms with van der Waals surface area (Å²) in [6.07, 6.45) is 0.791. The molecule has 4 nitrogen and oxygen atoms in total. The van der Waals surface area contributed by atoms with Crippen LogP contribution in [0.5, 0.6) is 0 Å². The van der Waals surface area contributed by atoms with Crippen LogP contribution in [-0.4, -0.2) is 23.2 Å². The number of nitrogens with zero attached hydrogens (tertiary/aromatic N) is 2. The van der Waals surface area contributed by atoms with Gasteiger partial charge in [-0.1, -0.05) is 60.1 Å². The molecular weight excluding hydrogens is 296 g/mol. The average molecular weight is 313 g/mol. The number of halogens is 1. The molecule has 22 heavy (non-hydrogen) atoms. The Labute approximate surface area is 134 Å². The molecule has 0 atom stereocenters. The van der Waals surface area contributed by atoms with E-state index < -0.39 is 0 Å². The number of guanidine groups is 1. The lowest BCUT2D eigenvalue weighted by atomic mass is 10.1. The molecule has 1 heterocycles. The molecule has 1 aliphatic heterocycles. The molecule has 0 unspecified atom stereocenters. The first-order chi connectivity index (χ1) is 10.7. The van der Waals surface area contributed by atoms with Crippen LogP contribution in [0.3, 0.4) is 0 Å². The minimum atomic E-state index is 0.311. The average Bonchev–Trinajstić information content (AvgIpc) is 3.04. The molecule has 2 aromatic carbocycles. The monoisotopic (exact) mass is 312 g/mol. The molecule has 1 aliphatic rings. The second-order valence-corrected chi connectivity index (χ2v) is 5.49. The van der Waals surface area contributed by atoms with E-state index in [0.717, 1.165) is 23.3 Å². The highest BCUT2D eigenvalue weighted by Crippen LogP contribution is 2.21. The van der Waals surface area contributed by atoms with Crippen LogP contribution >= 0.6 is 11.6 Å². The Kier molecular flexibility index (Phi) is 4.39. The van der Waals surface area contributed by atoms with E-state index >= 15 is 0 Å². The van der Waals surface area contributed by atoms with Crippen LogP contribution in [0, 0.1) is 5.41 Å². The van der Waals surface area contributed by atoms with Gasteiger partial charge in [-0.2, -0.15) is 5.10 Å². The lowest BCUT2D eigenvalue weighted by Crippen LogP contribution is -2.35. The highest BCUT2D eigenvalue weighted by molar-refractivity contribution is 6.34. The van der Waals surface area contributed by atoms with Gasteiger partial charge >= 0.3 is 0 Å². The summed E-state index contributed by atoms with van der Waals surface area (Å²) in [5, 5.41) is 18.1. The van der Waals surface area contributed by atoms with Crippen molar-refractivity contribution >= 4 is 23.3 Å². The molecule has 0 aliphatic carbocycles. The molecule has 0 amide bonds. The summed E-state index contributed by atoms with van der Waals surface area (Å²) in [5.74, 6) is 0.311. The third kappa shape index (κ3) is 3.28. The van der Waals surface area contributed by atoms with E-state index in [1.807, 2.05) is 54.6 Å². The maximum absolute atomic E-state index is 8.12. The van der Waals surface area contributed by atoms with Gasteiger partial charge in [0.1, 0.15) is 0 Å². The molecule has 3 rings (SSSR count). The highest BCUT2D eigenvalue weighted by Gasteiger charge is 2.20.